The highest BCUT2D eigenvalue weighted by Gasteiger charge is 2.66. The second-order valence-electron chi connectivity index (χ2n) is 5.40. The highest BCUT2D eigenvalue weighted by molar-refractivity contribution is 5.70. The Bertz CT molecular complexity index is 263. The van der Waals surface area contributed by atoms with Crippen molar-refractivity contribution in [2.45, 2.75) is 50.9 Å². The molecule has 3 rings (SSSR count). The maximum absolute atomic E-state index is 11.4. The minimum Gasteiger partial charge on any atom is -0.444 e. The van der Waals surface area contributed by atoms with E-state index in [1.54, 1.807) is 0 Å². The van der Waals surface area contributed by atoms with Crippen molar-refractivity contribution in [2.24, 2.45) is 5.92 Å². The number of ether oxygens (including phenoxy) is 1. The summed E-state index contributed by atoms with van der Waals surface area (Å²) in [4.78, 5) is 11.4. The van der Waals surface area contributed by atoms with Gasteiger partial charge in [-0.2, -0.15) is 0 Å². The summed E-state index contributed by atoms with van der Waals surface area (Å²) in [7, 11) is 0. The van der Waals surface area contributed by atoms with Gasteiger partial charge in [0.05, 0.1) is 11.6 Å². The molecule has 0 radical (unpaired) electrons. The van der Waals surface area contributed by atoms with Crippen molar-refractivity contribution in [3.8, 4) is 0 Å². The summed E-state index contributed by atoms with van der Waals surface area (Å²) >= 11 is 0. The molecule has 0 aliphatic heterocycles. The third-order valence-electron chi connectivity index (χ3n) is 3.02. The minimum absolute atomic E-state index is 0.352. The van der Waals surface area contributed by atoms with Crippen molar-refractivity contribution in [3.05, 3.63) is 0 Å². The van der Waals surface area contributed by atoms with E-state index >= 15 is 0 Å². The van der Waals surface area contributed by atoms with Gasteiger partial charge in [-0.05, 0) is 39.5 Å². The Balaban J connectivity index is 1.84. The third-order valence-corrected chi connectivity index (χ3v) is 3.02. The standard InChI is InChI=1S/C10H17NO3/c1-9(2,3)14-8(13)11-10-4-6(5-10)7(10)12/h6-7,12H,4-5H2,1-3H3,(H,11,13). The van der Waals surface area contributed by atoms with Crippen LogP contribution < -0.4 is 5.32 Å². The van der Waals surface area contributed by atoms with E-state index < -0.39 is 11.7 Å². The normalized spacial score (nSPS) is 39.4. The molecule has 4 nitrogen and oxygen atoms in total. The molecule has 0 spiro atoms. The zero-order valence-electron chi connectivity index (χ0n) is 8.83. The zero-order valence-corrected chi connectivity index (χ0v) is 8.83. The largest absolute Gasteiger partial charge is 0.444 e. The molecule has 2 bridgehead atoms. The van der Waals surface area contributed by atoms with Crippen molar-refractivity contribution < 1.29 is 14.6 Å². The molecule has 4 heteroatoms. The Morgan fingerprint density at radius 2 is 2.07 bits per heavy atom. The average molecular weight is 199 g/mol. The average Bonchev–Trinajstić information content (AvgIpc) is 1.94. The number of carbonyl (C=O) groups is 1. The van der Waals surface area contributed by atoms with Crippen molar-refractivity contribution in [1.82, 2.24) is 5.32 Å². The number of aliphatic hydroxyl groups excluding tert-OH is 1. The summed E-state index contributed by atoms with van der Waals surface area (Å²) in [6, 6.07) is 0. The van der Waals surface area contributed by atoms with Crippen LogP contribution in [0.3, 0.4) is 0 Å². The Morgan fingerprint density at radius 1 is 1.50 bits per heavy atom. The van der Waals surface area contributed by atoms with Crippen LogP contribution in [0.5, 0.6) is 0 Å². The van der Waals surface area contributed by atoms with Gasteiger partial charge in [0, 0.05) is 0 Å². The SMILES string of the molecule is CC(C)(C)OC(=O)NC12CC(C1)C2O. The molecule has 0 saturated heterocycles. The first-order chi connectivity index (χ1) is 6.32. The van der Waals surface area contributed by atoms with E-state index in [4.69, 9.17) is 4.74 Å². The molecule has 14 heavy (non-hydrogen) atoms. The summed E-state index contributed by atoms with van der Waals surface area (Å²) in [5, 5.41) is 12.2. The number of hydrogen-bond acceptors (Lipinski definition) is 3. The first-order valence-corrected chi connectivity index (χ1v) is 5.02. The predicted octanol–water partition coefficient (Wildman–Crippen LogP) is 1.03. The van der Waals surface area contributed by atoms with Crippen LogP contribution in [0, 0.1) is 5.92 Å². The van der Waals surface area contributed by atoms with E-state index in [1.165, 1.54) is 0 Å². The van der Waals surface area contributed by atoms with Crippen LogP contribution in [0.2, 0.25) is 0 Å². The molecule has 0 aromatic rings. The van der Waals surface area contributed by atoms with Gasteiger partial charge in [-0.3, -0.25) is 0 Å². The number of hydrogen-bond donors (Lipinski definition) is 2. The molecular formula is C10H17NO3. The predicted molar refractivity (Wildman–Crippen MR) is 50.8 cm³/mol. The van der Waals surface area contributed by atoms with Crippen molar-refractivity contribution in [1.29, 1.82) is 0 Å². The first kappa shape index (κ1) is 9.77. The van der Waals surface area contributed by atoms with Crippen LogP contribution in [0.25, 0.3) is 0 Å². The number of alkyl carbamates (subject to hydrolysis) is 1. The summed E-state index contributed by atoms with van der Waals surface area (Å²) in [5.41, 5.74) is -0.828. The molecule has 3 aliphatic carbocycles. The van der Waals surface area contributed by atoms with Gasteiger partial charge in [-0.25, -0.2) is 4.79 Å². The highest BCUT2D eigenvalue weighted by atomic mass is 16.6. The lowest BCUT2D eigenvalue weighted by atomic mass is 9.47. The molecular weight excluding hydrogens is 182 g/mol. The van der Waals surface area contributed by atoms with Gasteiger partial charge in [0.2, 0.25) is 0 Å². The van der Waals surface area contributed by atoms with Gasteiger partial charge >= 0.3 is 6.09 Å². The van der Waals surface area contributed by atoms with Crippen LogP contribution >= 0.6 is 0 Å². The van der Waals surface area contributed by atoms with Crippen LogP contribution in [0.15, 0.2) is 0 Å². The highest BCUT2D eigenvalue weighted by Crippen LogP contribution is 2.57. The lowest BCUT2D eigenvalue weighted by Crippen LogP contribution is -2.78. The summed E-state index contributed by atoms with van der Waals surface area (Å²) in [5.74, 6) is 0.407. The number of aliphatic hydroxyl groups is 1. The van der Waals surface area contributed by atoms with Gasteiger partial charge in [0.25, 0.3) is 0 Å². The van der Waals surface area contributed by atoms with E-state index in [9.17, 15) is 9.90 Å². The van der Waals surface area contributed by atoms with Crippen molar-refractivity contribution in [2.75, 3.05) is 0 Å². The third kappa shape index (κ3) is 1.38. The number of rotatable bonds is 1. The van der Waals surface area contributed by atoms with Gasteiger partial charge in [-0.1, -0.05) is 0 Å². The molecule has 3 fully saturated rings. The molecule has 0 aromatic heterocycles. The zero-order chi connectivity index (χ0) is 10.6. The second-order valence-corrected chi connectivity index (χ2v) is 5.40. The van der Waals surface area contributed by atoms with Gasteiger partial charge in [0.15, 0.2) is 0 Å². The molecule has 1 unspecified atom stereocenters. The van der Waals surface area contributed by atoms with Crippen LogP contribution in [-0.4, -0.2) is 28.4 Å². The van der Waals surface area contributed by atoms with E-state index in [1.807, 2.05) is 20.8 Å². The van der Waals surface area contributed by atoms with E-state index in [0.717, 1.165) is 12.8 Å². The quantitative estimate of drug-likeness (QED) is 0.663. The van der Waals surface area contributed by atoms with Gasteiger partial charge in [0.1, 0.15) is 5.60 Å². The number of nitrogens with one attached hydrogen (secondary N) is 1. The molecule has 3 aliphatic rings. The fourth-order valence-corrected chi connectivity index (χ4v) is 2.15. The van der Waals surface area contributed by atoms with E-state index in [0.29, 0.717) is 5.92 Å². The lowest BCUT2D eigenvalue weighted by Gasteiger charge is -2.65. The smallest absolute Gasteiger partial charge is 0.408 e. The molecule has 80 valence electrons. The molecule has 0 aromatic carbocycles. The van der Waals surface area contributed by atoms with Crippen molar-refractivity contribution in [3.63, 3.8) is 0 Å². The van der Waals surface area contributed by atoms with Crippen LogP contribution in [-0.2, 0) is 4.74 Å². The molecule has 1 amide bonds. The maximum Gasteiger partial charge on any atom is 0.408 e. The van der Waals surface area contributed by atoms with Crippen LogP contribution in [0.1, 0.15) is 33.6 Å². The molecule has 2 N–H and O–H groups in total. The van der Waals surface area contributed by atoms with E-state index in [-0.39, 0.29) is 11.6 Å². The fourth-order valence-electron chi connectivity index (χ4n) is 2.15. The molecule has 0 heterocycles. The summed E-state index contributed by atoms with van der Waals surface area (Å²) < 4.78 is 5.12. The fraction of sp³-hybridized carbons (Fsp3) is 0.900. The summed E-state index contributed by atoms with van der Waals surface area (Å²) in [6.45, 7) is 5.47. The van der Waals surface area contributed by atoms with Gasteiger partial charge in [-0.15, -0.1) is 0 Å². The van der Waals surface area contributed by atoms with Crippen LogP contribution in [0.4, 0.5) is 4.79 Å². The Hall–Kier alpha value is -0.770. The monoisotopic (exact) mass is 199 g/mol. The van der Waals surface area contributed by atoms with E-state index in [2.05, 4.69) is 5.32 Å². The lowest BCUT2D eigenvalue weighted by molar-refractivity contribution is -0.188. The minimum atomic E-state index is -0.474. The van der Waals surface area contributed by atoms with Gasteiger partial charge < -0.3 is 15.2 Å². The Labute approximate surface area is 83.6 Å². The second kappa shape index (κ2) is 2.63. The summed E-state index contributed by atoms with van der Waals surface area (Å²) in [6.07, 6.45) is 1.02. The Kier molecular flexibility index (Phi) is 1.83. The number of carbonyl (C=O) groups excluding carboxylic acids is 1. The van der Waals surface area contributed by atoms with Crippen molar-refractivity contribution >= 4 is 6.09 Å². The number of amides is 1. The topological polar surface area (TPSA) is 58.6 Å². The molecule has 1 atom stereocenters. The Morgan fingerprint density at radius 3 is 2.36 bits per heavy atom. The molecule has 3 saturated carbocycles. The maximum atomic E-state index is 11.4. The first-order valence-electron chi connectivity index (χ1n) is 5.02.